The lowest BCUT2D eigenvalue weighted by molar-refractivity contribution is -0.136. The molecule has 0 N–H and O–H groups in total. The topological polar surface area (TPSA) is 66.6 Å². The first-order chi connectivity index (χ1) is 13.5. The van der Waals surface area contributed by atoms with Crippen molar-refractivity contribution in [2.24, 2.45) is 0 Å². The van der Waals surface area contributed by atoms with Crippen LogP contribution >= 0.6 is 0 Å². The summed E-state index contributed by atoms with van der Waals surface area (Å²) in [4.78, 5) is 26.2. The Hall–Kier alpha value is -2.80. The van der Waals surface area contributed by atoms with Gasteiger partial charge in [0.25, 0.3) is 5.78 Å². The van der Waals surface area contributed by atoms with Gasteiger partial charge in [0.1, 0.15) is 6.33 Å². The fourth-order valence-corrected chi connectivity index (χ4v) is 4.07. The zero-order valence-electron chi connectivity index (χ0n) is 16.7. The summed E-state index contributed by atoms with van der Waals surface area (Å²) in [5.41, 5.74) is 4.20. The maximum Gasteiger partial charge on any atom is 0.252 e. The van der Waals surface area contributed by atoms with Crippen LogP contribution in [0.1, 0.15) is 35.0 Å². The standard InChI is InChI=1S/C21H26N6O/c1-15-18(16(2)27-21(24-15)22-14-23-27)9-10-20(28)26-12-11-25(3)13-19(26)17-7-5-4-6-8-17/h4-8,14,19H,9-13H2,1-3H3. The van der Waals surface area contributed by atoms with Gasteiger partial charge >= 0.3 is 0 Å². The van der Waals surface area contributed by atoms with Gasteiger partial charge < -0.3 is 9.80 Å². The van der Waals surface area contributed by atoms with Crippen LogP contribution in [-0.4, -0.2) is 62.0 Å². The molecule has 3 heterocycles. The Morgan fingerprint density at radius 2 is 1.96 bits per heavy atom. The van der Waals surface area contributed by atoms with Crippen molar-refractivity contribution in [3.63, 3.8) is 0 Å². The Kier molecular flexibility index (Phi) is 5.09. The third kappa shape index (κ3) is 3.49. The number of likely N-dealkylation sites (N-methyl/N-ethyl adjacent to an activating group) is 1. The lowest BCUT2D eigenvalue weighted by atomic mass is 10.0. The van der Waals surface area contributed by atoms with E-state index in [0.29, 0.717) is 18.6 Å². The third-order valence-corrected chi connectivity index (χ3v) is 5.67. The number of nitrogens with zero attached hydrogens (tertiary/aromatic N) is 6. The minimum absolute atomic E-state index is 0.102. The third-order valence-electron chi connectivity index (χ3n) is 5.67. The van der Waals surface area contributed by atoms with E-state index in [4.69, 9.17) is 0 Å². The van der Waals surface area contributed by atoms with Gasteiger partial charge in [-0.2, -0.15) is 10.1 Å². The smallest absolute Gasteiger partial charge is 0.252 e. The van der Waals surface area contributed by atoms with Crippen molar-refractivity contribution < 1.29 is 4.79 Å². The van der Waals surface area contributed by atoms with Crippen molar-refractivity contribution in [2.75, 3.05) is 26.7 Å². The van der Waals surface area contributed by atoms with Crippen molar-refractivity contribution in [2.45, 2.75) is 32.7 Å². The van der Waals surface area contributed by atoms with Crippen molar-refractivity contribution in [1.82, 2.24) is 29.4 Å². The lowest BCUT2D eigenvalue weighted by Gasteiger charge is -2.40. The molecule has 1 atom stereocenters. The highest BCUT2D eigenvalue weighted by Gasteiger charge is 2.30. The minimum atomic E-state index is 0.102. The number of hydrogen-bond acceptors (Lipinski definition) is 5. The van der Waals surface area contributed by atoms with Gasteiger partial charge in [0.05, 0.1) is 6.04 Å². The molecule has 1 saturated heterocycles. The highest BCUT2D eigenvalue weighted by atomic mass is 16.2. The molecule has 0 bridgehead atoms. The van der Waals surface area contributed by atoms with E-state index < -0.39 is 0 Å². The summed E-state index contributed by atoms with van der Waals surface area (Å²) >= 11 is 0. The average Bonchev–Trinajstić information content (AvgIpc) is 3.17. The number of rotatable bonds is 4. The van der Waals surface area contributed by atoms with E-state index in [1.54, 1.807) is 4.52 Å². The van der Waals surface area contributed by atoms with Crippen LogP contribution in [0.4, 0.5) is 0 Å². The molecule has 28 heavy (non-hydrogen) atoms. The van der Waals surface area contributed by atoms with E-state index >= 15 is 0 Å². The molecule has 4 rings (SSSR count). The van der Waals surface area contributed by atoms with E-state index in [2.05, 4.69) is 39.1 Å². The van der Waals surface area contributed by atoms with Crippen molar-refractivity contribution >= 4 is 11.7 Å². The Bertz CT molecular complexity index is 983. The minimum Gasteiger partial charge on any atom is -0.333 e. The summed E-state index contributed by atoms with van der Waals surface area (Å²) < 4.78 is 1.75. The second-order valence-corrected chi connectivity index (χ2v) is 7.51. The molecule has 1 fully saturated rings. The highest BCUT2D eigenvalue weighted by Crippen LogP contribution is 2.26. The fourth-order valence-electron chi connectivity index (χ4n) is 4.07. The fraction of sp³-hybridized carbons (Fsp3) is 0.429. The molecule has 2 aromatic heterocycles. The summed E-state index contributed by atoms with van der Waals surface area (Å²) in [7, 11) is 2.11. The molecule has 7 nitrogen and oxygen atoms in total. The summed E-state index contributed by atoms with van der Waals surface area (Å²) in [6.07, 6.45) is 2.64. The van der Waals surface area contributed by atoms with Gasteiger partial charge in [-0.25, -0.2) is 9.50 Å². The summed E-state index contributed by atoms with van der Waals surface area (Å²) in [6, 6.07) is 10.4. The zero-order valence-corrected chi connectivity index (χ0v) is 16.7. The lowest BCUT2D eigenvalue weighted by Crippen LogP contribution is -2.49. The van der Waals surface area contributed by atoms with Crippen LogP contribution in [0.25, 0.3) is 5.78 Å². The Balaban J connectivity index is 1.53. The van der Waals surface area contributed by atoms with Gasteiger partial charge in [-0.05, 0) is 38.4 Å². The van der Waals surface area contributed by atoms with Gasteiger partial charge in [-0.15, -0.1) is 0 Å². The Morgan fingerprint density at radius 3 is 2.75 bits per heavy atom. The number of aromatic nitrogens is 4. The number of carbonyl (C=O) groups excluding carboxylic acids is 1. The van der Waals surface area contributed by atoms with Gasteiger partial charge in [0.2, 0.25) is 5.91 Å². The SMILES string of the molecule is Cc1nc2ncnn2c(C)c1CCC(=O)N1CCN(C)CC1c1ccccc1. The van der Waals surface area contributed by atoms with Crippen molar-refractivity contribution in [3.05, 3.63) is 59.2 Å². The number of aryl methyl sites for hydroxylation is 2. The molecule has 0 aliphatic carbocycles. The quantitative estimate of drug-likeness (QED) is 0.696. The molecular weight excluding hydrogens is 352 g/mol. The Labute approximate surface area is 165 Å². The molecule has 1 amide bonds. The summed E-state index contributed by atoms with van der Waals surface area (Å²) in [5, 5.41) is 4.24. The van der Waals surface area contributed by atoms with Crippen LogP contribution in [0.15, 0.2) is 36.7 Å². The molecule has 0 radical (unpaired) electrons. The number of hydrogen-bond donors (Lipinski definition) is 0. The van der Waals surface area contributed by atoms with Crippen molar-refractivity contribution in [1.29, 1.82) is 0 Å². The predicted octanol–water partition coefficient (Wildman–Crippen LogP) is 2.19. The zero-order chi connectivity index (χ0) is 19.7. The molecule has 146 valence electrons. The van der Waals surface area contributed by atoms with E-state index in [-0.39, 0.29) is 11.9 Å². The molecule has 0 saturated carbocycles. The van der Waals surface area contributed by atoms with Gasteiger partial charge in [-0.3, -0.25) is 4.79 Å². The van der Waals surface area contributed by atoms with E-state index in [0.717, 1.165) is 36.6 Å². The predicted molar refractivity (Wildman–Crippen MR) is 107 cm³/mol. The number of benzene rings is 1. The normalized spacial score (nSPS) is 18.0. The molecule has 0 spiro atoms. The second-order valence-electron chi connectivity index (χ2n) is 7.51. The van der Waals surface area contributed by atoms with Crippen LogP contribution in [-0.2, 0) is 11.2 Å². The summed E-state index contributed by atoms with van der Waals surface area (Å²) in [6.45, 7) is 6.51. The van der Waals surface area contributed by atoms with Crippen LogP contribution in [0, 0.1) is 13.8 Å². The average molecular weight is 378 g/mol. The van der Waals surface area contributed by atoms with Gasteiger partial charge in [0, 0.05) is 37.4 Å². The molecule has 1 aliphatic heterocycles. The monoisotopic (exact) mass is 378 g/mol. The largest absolute Gasteiger partial charge is 0.333 e. The van der Waals surface area contributed by atoms with Gasteiger partial charge in [0.15, 0.2) is 0 Å². The van der Waals surface area contributed by atoms with E-state index in [9.17, 15) is 4.79 Å². The maximum absolute atomic E-state index is 13.2. The molecular formula is C21H26N6O. The van der Waals surface area contributed by atoms with Crippen LogP contribution in [0.3, 0.4) is 0 Å². The molecule has 3 aromatic rings. The van der Waals surface area contributed by atoms with E-state index in [1.807, 2.05) is 36.9 Å². The second kappa shape index (κ2) is 7.67. The van der Waals surface area contributed by atoms with Crippen LogP contribution in [0.2, 0.25) is 0 Å². The summed E-state index contributed by atoms with van der Waals surface area (Å²) in [5.74, 6) is 0.799. The van der Waals surface area contributed by atoms with E-state index in [1.165, 1.54) is 11.9 Å². The number of carbonyl (C=O) groups is 1. The Morgan fingerprint density at radius 1 is 1.18 bits per heavy atom. The maximum atomic E-state index is 13.2. The molecule has 1 aromatic carbocycles. The first kappa shape index (κ1) is 18.6. The molecule has 7 heteroatoms. The highest BCUT2D eigenvalue weighted by molar-refractivity contribution is 5.77. The number of fused-ring (bicyclic) bond motifs is 1. The number of amides is 1. The first-order valence-corrected chi connectivity index (χ1v) is 9.73. The first-order valence-electron chi connectivity index (χ1n) is 9.73. The van der Waals surface area contributed by atoms with Crippen LogP contribution < -0.4 is 0 Å². The van der Waals surface area contributed by atoms with Crippen LogP contribution in [0.5, 0.6) is 0 Å². The number of piperazine rings is 1. The van der Waals surface area contributed by atoms with Gasteiger partial charge in [-0.1, -0.05) is 30.3 Å². The molecule has 1 aliphatic rings. The molecule has 1 unspecified atom stereocenters. The van der Waals surface area contributed by atoms with Crippen molar-refractivity contribution in [3.8, 4) is 0 Å².